The van der Waals surface area contributed by atoms with Gasteiger partial charge in [-0.2, -0.15) is 0 Å². The fraction of sp³-hybridized carbons (Fsp3) is 0. The molecule has 0 unspecified atom stereocenters. The third-order valence-electron chi connectivity index (χ3n) is 12.7. The second-order valence-electron chi connectivity index (χ2n) is 17.1. The van der Waals surface area contributed by atoms with Crippen LogP contribution in [0.15, 0.2) is 255 Å². The highest BCUT2D eigenvalue weighted by Gasteiger charge is 2.38. The summed E-state index contributed by atoms with van der Waals surface area (Å²) < 4.78 is 0. The van der Waals surface area contributed by atoms with Crippen LogP contribution in [0.25, 0.3) is 44.6 Å². The van der Waals surface area contributed by atoms with Gasteiger partial charge in [-0.3, -0.25) is 9.59 Å². The molecule has 326 valence electrons. The Kier molecular flexibility index (Phi) is 11.9. The molecule has 0 aliphatic heterocycles. The Hall–Kier alpha value is -9.60. The van der Waals surface area contributed by atoms with E-state index in [1.54, 1.807) is 0 Å². The molecule has 0 fully saturated rings. The normalized spacial score (nSPS) is 13.3. The smallest absolute Gasteiger partial charge is 0.195 e. The van der Waals surface area contributed by atoms with E-state index in [2.05, 4.69) is 72.2 Å². The quantitative estimate of drug-likeness (QED) is 0.142. The minimum Gasteiger partial charge on any atom is -0.289 e. The highest BCUT2D eigenvalue weighted by Crippen LogP contribution is 2.52. The predicted molar refractivity (Wildman–Crippen MR) is 287 cm³/mol. The molecule has 70 heavy (non-hydrogen) atoms. The summed E-state index contributed by atoms with van der Waals surface area (Å²) in [6.45, 7) is 0. The maximum absolute atomic E-state index is 15.5. The predicted octanol–water partition coefficient (Wildman–Crippen LogP) is 14.7. The number of allylic oxidation sites excluding steroid dienone is 8. The zero-order chi connectivity index (χ0) is 47.2. The minimum atomic E-state index is -0.0681. The number of hydrogen-bond donors (Lipinski definition) is 0. The minimum absolute atomic E-state index is 0.0232. The van der Waals surface area contributed by atoms with Crippen LogP contribution in [0.4, 0.5) is 0 Å². The van der Waals surface area contributed by atoms with Crippen molar-refractivity contribution in [2.24, 2.45) is 0 Å². The molecule has 0 atom stereocenters. The van der Waals surface area contributed by atoms with Crippen molar-refractivity contribution in [1.82, 2.24) is 0 Å². The van der Waals surface area contributed by atoms with Gasteiger partial charge in [-0.1, -0.05) is 236 Å². The summed E-state index contributed by atoms with van der Waals surface area (Å²) >= 11 is 0. The molecule has 2 aliphatic carbocycles. The van der Waals surface area contributed by atoms with E-state index in [4.69, 9.17) is 0 Å². The molecule has 9 aromatic rings. The van der Waals surface area contributed by atoms with Crippen LogP contribution in [0.3, 0.4) is 0 Å². The second-order valence-corrected chi connectivity index (χ2v) is 17.1. The largest absolute Gasteiger partial charge is 0.289 e. The van der Waals surface area contributed by atoms with Crippen molar-refractivity contribution in [2.45, 2.75) is 0 Å². The Bertz CT molecular complexity index is 3630. The lowest BCUT2D eigenvalue weighted by molar-refractivity contribution is -0.109. The molecule has 0 radical (unpaired) electrons. The van der Waals surface area contributed by atoms with E-state index in [1.165, 1.54) is 0 Å². The fourth-order valence-electron chi connectivity index (χ4n) is 9.54. The number of Topliss-reactive ketones (excluding diaryl/α,β-unsaturated/α-hetero) is 2. The van der Waals surface area contributed by atoms with Gasteiger partial charge in [-0.05, 0) is 87.0 Å². The Morgan fingerprint density at radius 3 is 0.686 bits per heavy atom. The lowest BCUT2D eigenvalue weighted by Gasteiger charge is -2.17. The van der Waals surface area contributed by atoms with E-state index in [0.717, 1.165) is 89.1 Å². The van der Waals surface area contributed by atoms with Gasteiger partial charge >= 0.3 is 0 Å². The van der Waals surface area contributed by atoms with Crippen LogP contribution in [0, 0.1) is 23.7 Å². The molecule has 0 N–H and O–H groups in total. The van der Waals surface area contributed by atoms with E-state index < -0.39 is 0 Å². The van der Waals surface area contributed by atoms with Crippen LogP contribution in [-0.2, 0) is 9.59 Å². The maximum atomic E-state index is 15.5. The first-order valence-electron chi connectivity index (χ1n) is 23.3. The number of rotatable bonds is 8. The van der Waals surface area contributed by atoms with Gasteiger partial charge in [0.05, 0.1) is 0 Å². The zero-order valence-corrected chi connectivity index (χ0v) is 38.1. The van der Waals surface area contributed by atoms with E-state index in [-0.39, 0.29) is 11.6 Å². The molecule has 0 aromatic heterocycles. The second kappa shape index (κ2) is 19.3. The first-order valence-corrected chi connectivity index (χ1v) is 23.3. The third kappa shape index (κ3) is 8.51. The first-order chi connectivity index (χ1) is 34.6. The van der Waals surface area contributed by atoms with Gasteiger partial charge in [0.25, 0.3) is 0 Å². The van der Waals surface area contributed by atoms with E-state index >= 15 is 9.59 Å². The Labute approximate surface area is 409 Å². The first kappa shape index (κ1) is 43.0. The van der Waals surface area contributed by atoms with E-state index in [1.807, 2.05) is 206 Å². The van der Waals surface area contributed by atoms with Crippen LogP contribution in [0.1, 0.15) is 66.8 Å². The monoisotopic (exact) mass is 890 g/mol. The van der Waals surface area contributed by atoms with Crippen molar-refractivity contribution in [3.8, 4) is 23.7 Å². The fourth-order valence-corrected chi connectivity index (χ4v) is 9.54. The molecule has 0 bridgehead atoms. The summed E-state index contributed by atoms with van der Waals surface area (Å²) in [4.78, 5) is 30.6. The average molecular weight is 891 g/mol. The summed E-state index contributed by atoms with van der Waals surface area (Å²) in [5.41, 5.74) is 16.1. The highest BCUT2D eigenvalue weighted by molar-refractivity contribution is 6.60. The maximum Gasteiger partial charge on any atom is 0.195 e. The van der Waals surface area contributed by atoms with Crippen molar-refractivity contribution in [1.29, 1.82) is 0 Å². The lowest BCUT2D eigenvalue weighted by Crippen LogP contribution is -2.02. The molecule has 0 saturated heterocycles. The zero-order valence-electron chi connectivity index (χ0n) is 38.1. The van der Waals surface area contributed by atoms with E-state index in [0.29, 0.717) is 22.3 Å². The Morgan fingerprint density at radius 1 is 0.186 bits per heavy atom. The van der Waals surface area contributed by atoms with Crippen molar-refractivity contribution in [3.63, 3.8) is 0 Å². The number of ketones is 2. The number of carbonyl (C=O) groups excluding carboxylic acids is 2. The SMILES string of the molecule is O=C1C(c2ccccc2)=C(c2ccccc2)C(c2ccc(C3=C(c4ccccc4)C(=O)C(c4ccccc4)=C3c3cc(C#Cc4ccccc4)cc(C#Cc4ccccc4)c3)cc2)=C1c1ccccc1. The molecule has 2 aliphatic rings. The van der Waals surface area contributed by atoms with Crippen molar-refractivity contribution in [2.75, 3.05) is 0 Å². The van der Waals surface area contributed by atoms with Crippen molar-refractivity contribution < 1.29 is 9.59 Å². The number of benzene rings is 9. The molecular weight excluding hydrogens is 849 g/mol. The van der Waals surface area contributed by atoms with Crippen LogP contribution in [0.5, 0.6) is 0 Å². The third-order valence-corrected chi connectivity index (χ3v) is 12.7. The van der Waals surface area contributed by atoms with Crippen molar-refractivity contribution >= 4 is 56.2 Å². The number of hydrogen-bond acceptors (Lipinski definition) is 2. The molecule has 2 nitrogen and oxygen atoms in total. The molecule has 2 heteroatoms. The molecule has 0 amide bonds. The molecule has 11 rings (SSSR count). The van der Waals surface area contributed by atoms with Gasteiger partial charge in [0.1, 0.15) is 0 Å². The summed E-state index contributed by atoms with van der Waals surface area (Å²) in [6.07, 6.45) is 0. The van der Waals surface area contributed by atoms with Gasteiger partial charge in [0.2, 0.25) is 0 Å². The Morgan fingerprint density at radius 2 is 0.400 bits per heavy atom. The number of carbonyl (C=O) groups is 2. The van der Waals surface area contributed by atoms with Gasteiger partial charge < -0.3 is 0 Å². The van der Waals surface area contributed by atoms with Gasteiger partial charge in [0.15, 0.2) is 11.6 Å². The molecule has 9 aromatic carbocycles. The van der Waals surface area contributed by atoms with E-state index in [9.17, 15) is 0 Å². The van der Waals surface area contributed by atoms with Gasteiger partial charge in [0, 0.05) is 66.8 Å². The van der Waals surface area contributed by atoms with Crippen LogP contribution in [-0.4, -0.2) is 11.6 Å². The lowest BCUT2D eigenvalue weighted by atomic mass is 9.85. The summed E-state index contributed by atoms with van der Waals surface area (Å²) in [7, 11) is 0. The summed E-state index contributed by atoms with van der Waals surface area (Å²) in [5, 5.41) is 0. The van der Waals surface area contributed by atoms with Crippen molar-refractivity contribution in [3.05, 3.63) is 322 Å². The van der Waals surface area contributed by atoms with Gasteiger partial charge in [-0.25, -0.2) is 0 Å². The molecule has 0 saturated carbocycles. The summed E-state index contributed by atoms with van der Waals surface area (Å²) in [5.74, 6) is 13.5. The van der Waals surface area contributed by atoms with Crippen LogP contribution >= 0.6 is 0 Å². The topological polar surface area (TPSA) is 34.1 Å². The average Bonchev–Trinajstić information content (AvgIpc) is 3.92. The Balaban J connectivity index is 1.15. The standard InChI is InChI=1S/C68H42O2/c69-67-63(52-28-14-4-15-29-52)59(51-26-12-3-13-27-51)60(64(67)53-30-16-5-17-31-53)56-40-42-57(43-41-56)61-62(66(55-34-20-7-21-35-55)68(70)65(61)54-32-18-6-19-33-54)58-45-49(38-36-47-22-8-1-9-23-47)44-50(46-58)39-37-48-24-10-2-11-25-48/h1-35,40-46H. The van der Waals surface area contributed by atoms with Crippen LogP contribution < -0.4 is 0 Å². The molecule has 0 heterocycles. The van der Waals surface area contributed by atoms with Crippen LogP contribution in [0.2, 0.25) is 0 Å². The van der Waals surface area contributed by atoms with Gasteiger partial charge in [-0.15, -0.1) is 0 Å². The molecular formula is C68H42O2. The summed E-state index contributed by atoms with van der Waals surface area (Å²) in [6, 6.07) is 84.5. The highest BCUT2D eigenvalue weighted by atomic mass is 16.1. The molecule has 0 spiro atoms.